The van der Waals surface area contributed by atoms with Gasteiger partial charge in [-0.25, -0.2) is 4.98 Å². The van der Waals surface area contributed by atoms with E-state index in [1.165, 1.54) is 27.1 Å². The molecule has 0 atom stereocenters. The Hall–Kier alpha value is -2.43. The number of aromatic nitrogens is 2. The first-order chi connectivity index (χ1) is 13.6. The van der Waals surface area contributed by atoms with Gasteiger partial charge in [0.25, 0.3) is 0 Å². The van der Waals surface area contributed by atoms with Crippen molar-refractivity contribution in [2.75, 3.05) is 11.4 Å². The summed E-state index contributed by atoms with van der Waals surface area (Å²) in [5, 5.41) is 1.39. The Morgan fingerprint density at radius 3 is 2.36 bits per heavy atom. The van der Waals surface area contributed by atoms with Crippen LogP contribution in [0.25, 0.3) is 21.3 Å². The minimum atomic E-state index is 0.297. The maximum Gasteiger partial charge on any atom is 0.225 e. The third-order valence-electron chi connectivity index (χ3n) is 4.92. The van der Waals surface area contributed by atoms with Crippen molar-refractivity contribution in [2.24, 2.45) is 0 Å². The molecule has 0 aliphatic carbocycles. The van der Waals surface area contributed by atoms with E-state index in [4.69, 9.17) is 11.6 Å². The number of halogens is 1. The SMILES string of the molecule is CCN(Cc1ccccc1)c1nc(Cl)nc2sc(C)c(-c3ccc(C)cc3)c12. The molecule has 0 bridgehead atoms. The number of benzene rings is 2. The molecule has 142 valence electrons. The molecule has 0 amide bonds. The van der Waals surface area contributed by atoms with Crippen LogP contribution in [-0.4, -0.2) is 16.5 Å². The average Bonchev–Trinajstić information content (AvgIpc) is 3.02. The molecule has 2 heterocycles. The lowest BCUT2D eigenvalue weighted by Crippen LogP contribution is -2.23. The second-order valence-electron chi connectivity index (χ2n) is 6.90. The molecule has 0 aliphatic rings. The molecule has 2 aromatic heterocycles. The fourth-order valence-corrected chi connectivity index (χ4v) is 4.76. The number of hydrogen-bond donors (Lipinski definition) is 0. The lowest BCUT2D eigenvalue weighted by atomic mass is 10.0. The van der Waals surface area contributed by atoms with Crippen LogP contribution in [0.3, 0.4) is 0 Å². The van der Waals surface area contributed by atoms with Gasteiger partial charge in [-0.15, -0.1) is 11.3 Å². The highest BCUT2D eigenvalue weighted by atomic mass is 35.5. The van der Waals surface area contributed by atoms with Crippen LogP contribution in [0.2, 0.25) is 5.28 Å². The summed E-state index contributed by atoms with van der Waals surface area (Å²) in [6.45, 7) is 8.01. The summed E-state index contributed by atoms with van der Waals surface area (Å²) in [6.07, 6.45) is 0. The monoisotopic (exact) mass is 407 g/mol. The van der Waals surface area contributed by atoms with Crippen LogP contribution in [0, 0.1) is 13.8 Å². The van der Waals surface area contributed by atoms with Crippen LogP contribution in [0.15, 0.2) is 54.6 Å². The number of rotatable bonds is 5. The highest BCUT2D eigenvalue weighted by Gasteiger charge is 2.21. The molecule has 0 N–H and O–H groups in total. The predicted molar refractivity (Wildman–Crippen MR) is 121 cm³/mol. The molecule has 4 rings (SSSR count). The smallest absolute Gasteiger partial charge is 0.225 e. The third-order valence-corrected chi connectivity index (χ3v) is 6.09. The van der Waals surface area contributed by atoms with Gasteiger partial charge in [0.15, 0.2) is 0 Å². The summed E-state index contributed by atoms with van der Waals surface area (Å²) in [7, 11) is 0. The van der Waals surface area contributed by atoms with Gasteiger partial charge in [-0.05, 0) is 43.5 Å². The van der Waals surface area contributed by atoms with E-state index in [2.05, 4.69) is 84.2 Å². The molecule has 0 saturated carbocycles. The Morgan fingerprint density at radius 2 is 1.68 bits per heavy atom. The normalized spacial score (nSPS) is 11.1. The molecule has 5 heteroatoms. The van der Waals surface area contributed by atoms with Crippen LogP contribution in [0.5, 0.6) is 0 Å². The Bertz CT molecular complexity index is 1100. The zero-order valence-corrected chi connectivity index (χ0v) is 17.8. The van der Waals surface area contributed by atoms with Gasteiger partial charge < -0.3 is 4.90 Å². The second-order valence-corrected chi connectivity index (χ2v) is 8.44. The van der Waals surface area contributed by atoms with E-state index in [0.717, 1.165) is 29.1 Å². The van der Waals surface area contributed by atoms with Gasteiger partial charge in [0, 0.05) is 23.5 Å². The van der Waals surface area contributed by atoms with Crippen molar-refractivity contribution < 1.29 is 0 Å². The van der Waals surface area contributed by atoms with E-state index in [1.807, 2.05) is 6.07 Å². The van der Waals surface area contributed by atoms with E-state index in [9.17, 15) is 0 Å². The molecule has 0 radical (unpaired) electrons. The summed E-state index contributed by atoms with van der Waals surface area (Å²) in [6, 6.07) is 19.1. The molecule has 0 saturated heterocycles. The van der Waals surface area contributed by atoms with Crippen LogP contribution >= 0.6 is 22.9 Å². The van der Waals surface area contributed by atoms with Gasteiger partial charge in [0.2, 0.25) is 5.28 Å². The maximum atomic E-state index is 6.31. The van der Waals surface area contributed by atoms with Crippen molar-refractivity contribution in [3.63, 3.8) is 0 Å². The predicted octanol–water partition coefficient (Wildman–Crippen LogP) is 6.66. The molecule has 0 spiro atoms. The van der Waals surface area contributed by atoms with Crippen molar-refractivity contribution in [1.82, 2.24) is 9.97 Å². The maximum absolute atomic E-state index is 6.31. The number of thiophene rings is 1. The van der Waals surface area contributed by atoms with E-state index in [0.29, 0.717) is 5.28 Å². The number of hydrogen-bond acceptors (Lipinski definition) is 4. The van der Waals surface area contributed by atoms with E-state index in [-0.39, 0.29) is 0 Å². The Labute approximate surface area is 174 Å². The van der Waals surface area contributed by atoms with Crippen LogP contribution in [-0.2, 0) is 6.54 Å². The lowest BCUT2D eigenvalue weighted by molar-refractivity contribution is 0.817. The van der Waals surface area contributed by atoms with Gasteiger partial charge in [-0.2, -0.15) is 4.98 Å². The molecular weight excluding hydrogens is 386 g/mol. The van der Waals surface area contributed by atoms with Gasteiger partial charge in [-0.1, -0.05) is 60.2 Å². The summed E-state index contributed by atoms with van der Waals surface area (Å²) in [5.41, 5.74) is 4.89. The number of nitrogens with zero attached hydrogens (tertiary/aromatic N) is 3. The van der Waals surface area contributed by atoms with Gasteiger partial charge in [0.05, 0.1) is 5.39 Å². The Kier molecular flexibility index (Phi) is 5.33. The fraction of sp³-hybridized carbons (Fsp3) is 0.217. The van der Waals surface area contributed by atoms with E-state index >= 15 is 0 Å². The quantitative estimate of drug-likeness (QED) is 0.346. The van der Waals surface area contributed by atoms with Gasteiger partial charge in [0.1, 0.15) is 10.6 Å². The molecule has 0 fully saturated rings. The largest absolute Gasteiger partial charge is 0.352 e. The Morgan fingerprint density at radius 1 is 0.964 bits per heavy atom. The van der Waals surface area contributed by atoms with Crippen molar-refractivity contribution in [2.45, 2.75) is 27.3 Å². The van der Waals surface area contributed by atoms with Crippen LogP contribution in [0.4, 0.5) is 5.82 Å². The molecule has 0 unspecified atom stereocenters. The van der Waals surface area contributed by atoms with E-state index < -0.39 is 0 Å². The van der Waals surface area contributed by atoms with Crippen molar-refractivity contribution in [3.8, 4) is 11.1 Å². The molecule has 3 nitrogen and oxygen atoms in total. The van der Waals surface area contributed by atoms with Crippen molar-refractivity contribution >= 4 is 39.0 Å². The summed E-state index contributed by atoms with van der Waals surface area (Å²) in [5.74, 6) is 0.904. The number of fused-ring (bicyclic) bond motifs is 1. The van der Waals surface area contributed by atoms with Crippen LogP contribution in [0.1, 0.15) is 22.9 Å². The molecule has 28 heavy (non-hydrogen) atoms. The number of anilines is 1. The molecule has 2 aromatic carbocycles. The highest BCUT2D eigenvalue weighted by molar-refractivity contribution is 7.19. The Balaban J connectivity index is 1.90. The highest BCUT2D eigenvalue weighted by Crippen LogP contribution is 2.42. The topological polar surface area (TPSA) is 29.0 Å². The third kappa shape index (κ3) is 3.62. The minimum absolute atomic E-state index is 0.297. The average molecular weight is 408 g/mol. The molecular formula is C23H22ClN3S. The zero-order valence-electron chi connectivity index (χ0n) is 16.2. The molecule has 0 aliphatic heterocycles. The van der Waals surface area contributed by atoms with Crippen LogP contribution < -0.4 is 4.90 Å². The summed E-state index contributed by atoms with van der Waals surface area (Å²) >= 11 is 7.99. The first-order valence-corrected chi connectivity index (χ1v) is 10.6. The standard InChI is InChI=1S/C23H22ClN3S/c1-4-27(14-17-8-6-5-7-9-17)21-20-19(18-12-10-15(2)11-13-18)16(3)28-22(20)26-23(24)25-21/h5-13H,4,14H2,1-3H3. The summed E-state index contributed by atoms with van der Waals surface area (Å²) in [4.78, 5) is 13.6. The van der Waals surface area contributed by atoms with Crippen molar-refractivity contribution in [1.29, 1.82) is 0 Å². The van der Waals surface area contributed by atoms with Gasteiger partial charge >= 0.3 is 0 Å². The minimum Gasteiger partial charge on any atom is -0.352 e. The molecule has 4 aromatic rings. The zero-order chi connectivity index (χ0) is 19.7. The lowest BCUT2D eigenvalue weighted by Gasteiger charge is -2.23. The fourth-order valence-electron chi connectivity index (χ4n) is 3.51. The number of aryl methyl sites for hydroxylation is 2. The van der Waals surface area contributed by atoms with Gasteiger partial charge in [-0.3, -0.25) is 0 Å². The summed E-state index contributed by atoms with van der Waals surface area (Å²) < 4.78 is 0. The first-order valence-electron chi connectivity index (χ1n) is 9.39. The first kappa shape index (κ1) is 18.9. The van der Waals surface area contributed by atoms with Crippen molar-refractivity contribution in [3.05, 3.63) is 75.9 Å². The second kappa shape index (κ2) is 7.90. The van der Waals surface area contributed by atoms with E-state index in [1.54, 1.807) is 11.3 Å².